The van der Waals surface area contributed by atoms with Gasteiger partial charge in [-0.1, -0.05) is 6.92 Å². The maximum atomic E-state index is 13.9. The lowest BCUT2D eigenvalue weighted by Gasteiger charge is -2.38. The average molecular weight is 295 g/mol. The summed E-state index contributed by atoms with van der Waals surface area (Å²) in [5.74, 6) is -0.144. The van der Waals surface area contributed by atoms with E-state index in [1.165, 1.54) is 19.2 Å². The van der Waals surface area contributed by atoms with Crippen molar-refractivity contribution in [2.24, 2.45) is 5.92 Å². The Kier molecular flexibility index (Phi) is 4.83. The number of aliphatic hydroxyl groups excluding tert-OH is 1. The molecular weight excluding hydrogens is 273 g/mol. The number of hydrogen-bond donors (Lipinski definition) is 2. The minimum absolute atomic E-state index is 0.0257. The first-order valence-electron chi connectivity index (χ1n) is 7.26. The number of halogens is 1. The third kappa shape index (κ3) is 3.53. The van der Waals surface area contributed by atoms with Crippen molar-refractivity contribution in [1.29, 1.82) is 0 Å². The Hall–Kier alpha value is -1.62. The molecule has 0 heterocycles. The molecule has 4 nitrogen and oxygen atoms in total. The number of hydrogen-bond acceptors (Lipinski definition) is 3. The largest absolute Gasteiger partial charge is 0.497 e. The fourth-order valence-corrected chi connectivity index (χ4v) is 2.75. The monoisotopic (exact) mass is 295 g/mol. The second-order valence-corrected chi connectivity index (χ2v) is 5.92. The average Bonchev–Trinajstić information content (AvgIpc) is 2.49. The van der Waals surface area contributed by atoms with Gasteiger partial charge in [-0.3, -0.25) is 4.79 Å². The number of methoxy groups -OCH3 is 1. The van der Waals surface area contributed by atoms with Gasteiger partial charge in [-0.05, 0) is 43.7 Å². The van der Waals surface area contributed by atoms with Crippen molar-refractivity contribution in [3.8, 4) is 5.75 Å². The number of ether oxygens (including phenoxy) is 1. The van der Waals surface area contributed by atoms with Crippen LogP contribution in [0.25, 0.3) is 0 Å². The Morgan fingerprint density at radius 1 is 1.48 bits per heavy atom. The molecule has 0 atom stereocenters. The summed E-state index contributed by atoms with van der Waals surface area (Å²) in [6.07, 6.45) is 3.33. The Labute approximate surface area is 124 Å². The Morgan fingerprint density at radius 2 is 2.14 bits per heavy atom. The summed E-state index contributed by atoms with van der Waals surface area (Å²) in [6, 6.07) is 4.13. The molecule has 0 unspecified atom stereocenters. The number of rotatable bonds is 4. The maximum Gasteiger partial charge on any atom is 0.254 e. The normalized spacial score (nSPS) is 25.4. The molecule has 1 fully saturated rings. The van der Waals surface area contributed by atoms with Crippen molar-refractivity contribution in [3.63, 3.8) is 0 Å². The van der Waals surface area contributed by atoms with Gasteiger partial charge in [-0.25, -0.2) is 4.39 Å². The lowest BCUT2D eigenvalue weighted by atomic mass is 9.77. The van der Waals surface area contributed by atoms with Gasteiger partial charge in [0.25, 0.3) is 5.91 Å². The minimum Gasteiger partial charge on any atom is -0.497 e. The third-order valence-electron chi connectivity index (χ3n) is 4.33. The number of amides is 1. The molecule has 0 aliphatic heterocycles. The molecule has 1 saturated carbocycles. The molecule has 0 spiro atoms. The summed E-state index contributed by atoms with van der Waals surface area (Å²) in [6.45, 7) is 2.04. The quantitative estimate of drug-likeness (QED) is 0.897. The summed E-state index contributed by atoms with van der Waals surface area (Å²) in [7, 11) is 1.44. The van der Waals surface area contributed by atoms with Crippen LogP contribution in [0.2, 0.25) is 0 Å². The zero-order valence-corrected chi connectivity index (χ0v) is 12.5. The zero-order chi connectivity index (χ0) is 15.5. The summed E-state index contributed by atoms with van der Waals surface area (Å²) < 4.78 is 18.8. The number of carbonyl (C=O) groups excluding carboxylic acids is 1. The first kappa shape index (κ1) is 15.8. The van der Waals surface area contributed by atoms with Gasteiger partial charge < -0.3 is 15.2 Å². The van der Waals surface area contributed by atoms with E-state index in [1.54, 1.807) is 6.07 Å². The van der Waals surface area contributed by atoms with Crippen molar-refractivity contribution in [3.05, 3.63) is 29.6 Å². The van der Waals surface area contributed by atoms with Crippen molar-refractivity contribution in [2.75, 3.05) is 13.7 Å². The number of benzene rings is 1. The van der Waals surface area contributed by atoms with E-state index in [1.807, 2.05) is 0 Å². The SMILES string of the molecule is COc1ccc(C(=O)NC2(CO)CCC(C)CC2)c(F)c1. The molecule has 1 aliphatic carbocycles. The third-order valence-corrected chi connectivity index (χ3v) is 4.33. The summed E-state index contributed by atoms with van der Waals surface area (Å²) >= 11 is 0. The molecular formula is C16H22FNO3. The van der Waals surface area contributed by atoms with Crippen molar-refractivity contribution >= 4 is 5.91 Å². The lowest BCUT2D eigenvalue weighted by molar-refractivity contribution is 0.0713. The molecule has 1 aromatic carbocycles. The van der Waals surface area contributed by atoms with Crippen LogP contribution in [0.4, 0.5) is 4.39 Å². The first-order valence-corrected chi connectivity index (χ1v) is 7.26. The number of aliphatic hydroxyl groups is 1. The van der Waals surface area contributed by atoms with Crippen molar-refractivity contribution in [1.82, 2.24) is 5.32 Å². The fraction of sp³-hybridized carbons (Fsp3) is 0.562. The molecule has 5 heteroatoms. The van der Waals surface area contributed by atoms with E-state index in [2.05, 4.69) is 12.2 Å². The predicted octanol–water partition coefficient (Wildman–Crippen LogP) is 2.51. The van der Waals surface area contributed by atoms with E-state index in [0.717, 1.165) is 12.8 Å². The smallest absolute Gasteiger partial charge is 0.254 e. The van der Waals surface area contributed by atoms with Crippen LogP contribution in [-0.4, -0.2) is 30.3 Å². The summed E-state index contributed by atoms with van der Waals surface area (Å²) in [5, 5.41) is 12.5. The number of nitrogens with one attached hydrogen (secondary N) is 1. The van der Waals surface area contributed by atoms with Crippen LogP contribution in [0, 0.1) is 11.7 Å². The highest BCUT2D eigenvalue weighted by atomic mass is 19.1. The Bertz CT molecular complexity index is 510. The van der Waals surface area contributed by atoms with Crippen LogP contribution >= 0.6 is 0 Å². The van der Waals surface area contributed by atoms with Gasteiger partial charge in [0.2, 0.25) is 0 Å². The van der Waals surface area contributed by atoms with E-state index >= 15 is 0 Å². The fourth-order valence-electron chi connectivity index (χ4n) is 2.75. The van der Waals surface area contributed by atoms with Crippen LogP contribution in [-0.2, 0) is 0 Å². The van der Waals surface area contributed by atoms with E-state index in [9.17, 15) is 14.3 Å². The van der Waals surface area contributed by atoms with Gasteiger partial charge in [0.1, 0.15) is 11.6 Å². The second kappa shape index (κ2) is 6.43. The Morgan fingerprint density at radius 3 is 2.67 bits per heavy atom. The van der Waals surface area contributed by atoms with Gasteiger partial charge in [0.15, 0.2) is 0 Å². The molecule has 21 heavy (non-hydrogen) atoms. The van der Waals surface area contributed by atoms with Crippen LogP contribution in [0.1, 0.15) is 43.0 Å². The number of carbonyl (C=O) groups is 1. The van der Waals surface area contributed by atoms with Crippen molar-refractivity contribution < 1.29 is 19.0 Å². The van der Waals surface area contributed by atoms with E-state index in [4.69, 9.17) is 4.74 Å². The van der Waals surface area contributed by atoms with Crippen molar-refractivity contribution in [2.45, 2.75) is 38.1 Å². The molecule has 116 valence electrons. The highest BCUT2D eigenvalue weighted by Gasteiger charge is 2.35. The highest BCUT2D eigenvalue weighted by Crippen LogP contribution is 2.32. The van der Waals surface area contributed by atoms with Gasteiger partial charge in [-0.2, -0.15) is 0 Å². The van der Waals surface area contributed by atoms with Gasteiger partial charge in [0, 0.05) is 6.07 Å². The van der Waals surface area contributed by atoms with Gasteiger partial charge in [0.05, 0.1) is 24.8 Å². The van der Waals surface area contributed by atoms with E-state index in [0.29, 0.717) is 24.5 Å². The molecule has 2 N–H and O–H groups in total. The molecule has 1 amide bonds. The first-order chi connectivity index (χ1) is 9.99. The van der Waals surface area contributed by atoms with E-state index < -0.39 is 17.3 Å². The standard InChI is InChI=1S/C16H22FNO3/c1-11-5-7-16(10-19,8-6-11)18-15(20)13-4-3-12(21-2)9-14(13)17/h3-4,9,11,19H,5-8,10H2,1-2H3,(H,18,20). The maximum absolute atomic E-state index is 13.9. The minimum atomic E-state index is -0.629. The van der Waals surface area contributed by atoms with Crippen LogP contribution in [0.15, 0.2) is 18.2 Å². The summed E-state index contributed by atoms with van der Waals surface area (Å²) in [5.41, 5.74) is -0.655. The van der Waals surface area contributed by atoms with Gasteiger partial charge in [-0.15, -0.1) is 0 Å². The highest BCUT2D eigenvalue weighted by molar-refractivity contribution is 5.95. The van der Waals surface area contributed by atoms with Gasteiger partial charge >= 0.3 is 0 Å². The molecule has 0 aromatic heterocycles. The zero-order valence-electron chi connectivity index (χ0n) is 12.5. The molecule has 1 aromatic rings. The second-order valence-electron chi connectivity index (χ2n) is 5.92. The molecule has 0 radical (unpaired) electrons. The Balaban J connectivity index is 2.13. The van der Waals surface area contributed by atoms with E-state index in [-0.39, 0.29) is 12.2 Å². The molecule has 1 aliphatic rings. The molecule has 0 bridgehead atoms. The predicted molar refractivity (Wildman–Crippen MR) is 77.9 cm³/mol. The molecule has 0 saturated heterocycles. The lowest BCUT2D eigenvalue weighted by Crippen LogP contribution is -2.53. The molecule has 2 rings (SSSR count). The van der Waals surface area contributed by atoms with Crippen LogP contribution in [0.3, 0.4) is 0 Å². The topological polar surface area (TPSA) is 58.6 Å². The van der Waals surface area contributed by atoms with Crippen LogP contribution in [0.5, 0.6) is 5.75 Å². The summed E-state index contributed by atoms with van der Waals surface area (Å²) in [4.78, 5) is 12.3. The van der Waals surface area contributed by atoms with Crippen LogP contribution < -0.4 is 10.1 Å².